The number of benzene rings is 2. The van der Waals surface area contributed by atoms with Crippen LogP contribution in [0.1, 0.15) is 29.5 Å². The molecule has 0 unspecified atom stereocenters. The number of carbonyl (C=O) groups is 3. The maximum Gasteiger partial charge on any atom is 0.352 e. The first-order valence-electron chi connectivity index (χ1n) is 12.1. The summed E-state index contributed by atoms with van der Waals surface area (Å²) in [6.45, 7) is 0.765. The average molecular weight is 514 g/mol. The highest BCUT2D eigenvalue weighted by molar-refractivity contribution is 7.99. The van der Waals surface area contributed by atoms with E-state index in [0.717, 1.165) is 23.2 Å². The van der Waals surface area contributed by atoms with Crippen molar-refractivity contribution in [1.29, 1.82) is 0 Å². The second-order valence-electron chi connectivity index (χ2n) is 8.80. The van der Waals surface area contributed by atoms with Crippen LogP contribution in [0.5, 0.6) is 0 Å². The SMILES string of the molecule is O=C(CCC(=O)N1CSCC(/C=C/c2ccc(C[n+]3ccccc3)cc2)=C1C(=O)O)Cc1ccccc1. The summed E-state index contributed by atoms with van der Waals surface area (Å²) in [5, 5.41) is 9.91. The quantitative estimate of drug-likeness (QED) is 0.404. The van der Waals surface area contributed by atoms with Gasteiger partial charge in [0.2, 0.25) is 5.91 Å². The lowest BCUT2D eigenvalue weighted by molar-refractivity contribution is -0.688. The van der Waals surface area contributed by atoms with Crippen LogP contribution in [-0.2, 0) is 27.3 Å². The van der Waals surface area contributed by atoms with Gasteiger partial charge in [0.25, 0.3) is 0 Å². The third-order valence-electron chi connectivity index (χ3n) is 6.02. The summed E-state index contributed by atoms with van der Waals surface area (Å²) in [4.78, 5) is 38.7. The van der Waals surface area contributed by atoms with Crippen LogP contribution < -0.4 is 4.57 Å². The van der Waals surface area contributed by atoms with Crippen molar-refractivity contribution in [2.75, 3.05) is 11.6 Å². The van der Waals surface area contributed by atoms with Crippen molar-refractivity contribution in [3.8, 4) is 0 Å². The van der Waals surface area contributed by atoms with Crippen molar-refractivity contribution in [2.24, 2.45) is 0 Å². The molecule has 0 aliphatic carbocycles. The number of hydrogen-bond acceptors (Lipinski definition) is 4. The zero-order valence-corrected chi connectivity index (χ0v) is 21.3. The number of aliphatic carboxylic acids is 1. The molecular weight excluding hydrogens is 484 g/mol. The molecule has 4 rings (SSSR count). The third kappa shape index (κ3) is 7.51. The number of carboxylic acids is 1. The lowest BCUT2D eigenvalue weighted by atomic mass is 10.1. The number of ketones is 1. The van der Waals surface area contributed by atoms with Crippen LogP contribution in [-0.4, -0.2) is 39.3 Å². The molecule has 6 nitrogen and oxygen atoms in total. The van der Waals surface area contributed by atoms with Crippen LogP contribution in [0, 0.1) is 0 Å². The van der Waals surface area contributed by atoms with Crippen LogP contribution in [0.3, 0.4) is 0 Å². The molecule has 37 heavy (non-hydrogen) atoms. The number of aromatic nitrogens is 1. The third-order valence-corrected chi connectivity index (χ3v) is 6.97. The molecule has 7 heteroatoms. The molecule has 3 aromatic rings. The van der Waals surface area contributed by atoms with E-state index in [1.54, 1.807) is 6.08 Å². The summed E-state index contributed by atoms with van der Waals surface area (Å²) in [7, 11) is 0. The van der Waals surface area contributed by atoms with Gasteiger partial charge in [-0.15, -0.1) is 11.8 Å². The lowest BCUT2D eigenvalue weighted by Gasteiger charge is -2.28. The summed E-state index contributed by atoms with van der Waals surface area (Å²) in [5.41, 5.74) is 3.58. The van der Waals surface area contributed by atoms with Crippen molar-refractivity contribution in [2.45, 2.75) is 25.8 Å². The van der Waals surface area contributed by atoms with Crippen molar-refractivity contribution in [3.05, 3.63) is 119 Å². The normalized spacial score (nSPS) is 13.7. The van der Waals surface area contributed by atoms with Gasteiger partial charge in [-0.3, -0.25) is 14.5 Å². The maximum absolute atomic E-state index is 12.9. The van der Waals surface area contributed by atoms with Gasteiger partial charge in [0.15, 0.2) is 18.9 Å². The fourth-order valence-electron chi connectivity index (χ4n) is 4.10. The Morgan fingerprint density at radius 3 is 2.27 bits per heavy atom. The summed E-state index contributed by atoms with van der Waals surface area (Å²) < 4.78 is 2.09. The second-order valence-corrected chi connectivity index (χ2v) is 9.76. The van der Waals surface area contributed by atoms with Gasteiger partial charge in [-0.05, 0) is 16.7 Å². The Morgan fingerprint density at radius 2 is 1.57 bits per heavy atom. The number of allylic oxidation sites excluding steroid dienone is 1. The number of rotatable bonds is 10. The van der Waals surface area contributed by atoms with Gasteiger partial charge in [0, 0.05) is 42.7 Å². The van der Waals surface area contributed by atoms with Crippen molar-refractivity contribution in [1.82, 2.24) is 4.90 Å². The minimum absolute atomic E-state index is 0.00685. The van der Waals surface area contributed by atoms with Crippen LogP contribution in [0.25, 0.3) is 6.08 Å². The highest BCUT2D eigenvalue weighted by Crippen LogP contribution is 2.27. The zero-order valence-electron chi connectivity index (χ0n) is 20.5. The van der Waals surface area contributed by atoms with Gasteiger partial charge < -0.3 is 5.11 Å². The van der Waals surface area contributed by atoms with Crippen LogP contribution in [0.4, 0.5) is 0 Å². The molecule has 1 aliphatic rings. The minimum atomic E-state index is -1.14. The first-order chi connectivity index (χ1) is 18.0. The topological polar surface area (TPSA) is 78.6 Å². The summed E-state index contributed by atoms with van der Waals surface area (Å²) in [5.74, 6) is -0.771. The molecule has 1 aromatic heterocycles. The molecule has 0 atom stereocenters. The van der Waals surface area contributed by atoms with Crippen molar-refractivity contribution < 1.29 is 24.1 Å². The van der Waals surface area contributed by atoms with Gasteiger partial charge in [-0.1, -0.05) is 72.8 Å². The van der Waals surface area contributed by atoms with Crippen LogP contribution in [0.15, 0.2) is 103 Å². The second kappa shape index (κ2) is 12.8. The number of hydrogen-bond donors (Lipinski definition) is 1. The van der Waals surface area contributed by atoms with Crippen LogP contribution >= 0.6 is 11.8 Å². The standard InChI is InChI=1S/C30H28N2O4S/c33-27(19-24-7-3-1-4-8-24)15-16-28(34)32-22-37-21-26(29(32)30(35)36)14-13-23-9-11-25(12-10-23)20-31-17-5-2-6-18-31/h1-14,17-18H,15-16,19-22H2/p+1/b14-13+. The van der Waals surface area contributed by atoms with E-state index in [9.17, 15) is 19.5 Å². The Hall–Kier alpha value is -3.97. The zero-order chi connectivity index (χ0) is 26.0. The highest BCUT2D eigenvalue weighted by atomic mass is 32.2. The number of carbonyl (C=O) groups excluding carboxylic acids is 2. The first kappa shape index (κ1) is 26.1. The molecule has 1 N–H and O–H groups in total. The van der Waals surface area contributed by atoms with E-state index in [2.05, 4.69) is 4.57 Å². The van der Waals surface area contributed by atoms with E-state index in [4.69, 9.17) is 0 Å². The fraction of sp³-hybridized carbons (Fsp3) is 0.200. The Balaban J connectivity index is 1.41. The number of carboxylic acid groups (broad SMARTS) is 1. The van der Waals surface area contributed by atoms with Gasteiger partial charge in [-0.25, -0.2) is 9.36 Å². The summed E-state index contributed by atoms with van der Waals surface area (Å²) >= 11 is 1.48. The van der Waals surface area contributed by atoms with Crippen LogP contribution in [0.2, 0.25) is 0 Å². The molecule has 0 saturated carbocycles. The van der Waals surface area contributed by atoms with Gasteiger partial charge >= 0.3 is 5.97 Å². The summed E-state index contributed by atoms with van der Waals surface area (Å²) in [6, 6.07) is 23.4. The highest BCUT2D eigenvalue weighted by Gasteiger charge is 2.29. The molecule has 0 saturated heterocycles. The Labute approximate surface area is 220 Å². The van der Waals surface area contributed by atoms with E-state index in [1.807, 2.05) is 91.3 Å². The number of Topliss-reactive ketones (excluding diaryl/α,β-unsaturated/α-hetero) is 1. The smallest absolute Gasteiger partial charge is 0.352 e. The van der Waals surface area contributed by atoms with Gasteiger partial charge in [0.1, 0.15) is 11.5 Å². The first-order valence-corrected chi connectivity index (χ1v) is 13.3. The largest absolute Gasteiger partial charge is 0.477 e. The van der Waals surface area contributed by atoms with Gasteiger partial charge in [0.05, 0.1) is 5.88 Å². The Morgan fingerprint density at radius 1 is 0.865 bits per heavy atom. The van der Waals surface area contributed by atoms with E-state index >= 15 is 0 Å². The summed E-state index contributed by atoms with van der Waals surface area (Å²) in [6.07, 6.45) is 8.01. The Kier molecular flexibility index (Phi) is 9.05. The molecule has 188 valence electrons. The van der Waals surface area contributed by atoms with E-state index in [1.165, 1.54) is 16.7 Å². The molecular formula is C30H29N2O4S+. The molecule has 0 spiro atoms. The predicted molar refractivity (Wildman–Crippen MR) is 144 cm³/mol. The van der Waals surface area contributed by atoms with E-state index in [-0.39, 0.29) is 42.5 Å². The molecule has 2 aromatic carbocycles. The number of nitrogens with zero attached hydrogens (tertiary/aromatic N) is 2. The molecule has 0 radical (unpaired) electrons. The molecule has 1 aliphatic heterocycles. The van der Waals surface area contributed by atoms with E-state index < -0.39 is 5.97 Å². The number of amides is 1. The van der Waals surface area contributed by atoms with Crippen molar-refractivity contribution >= 4 is 35.5 Å². The molecule has 2 heterocycles. The Bertz CT molecular complexity index is 1300. The monoisotopic (exact) mass is 513 g/mol. The number of pyridine rings is 1. The van der Waals surface area contributed by atoms with Gasteiger partial charge in [-0.2, -0.15) is 0 Å². The van der Waals surface area contributed by atoms with E-state index in [0.29, 0.717) is 11.3 Å². The number of thioether (sulfide) groups is 1. The minimum Gasteiger partial charge on any atom is -0.477 e. The predicted octanol–water partition coefficient (Wildman–Crippen LogP) is 4.50. The average Bonchev–Trinajstić information content (AvgIpc) is 2.92. The van der Waals surface area contributed by atoms with Crippen molar-refractivity contribution in [3.63, 3.8) is 0 Å². The molecule has 1 amide bonds. The fourth-order valence-corrected chi connectivity index (χ4v) is 5.10. The maximum atomic E-state index is 12.9. The molecule has 0 fully saturated rings. The lowest BCUT2D eigenvalue weighted by Crippen LogP contribution is -2.37. The molecule has 0 bridgehead atoms.